The highest BCUT2D eigenvalue weighted by Crippen LogP contribution is 2.25. The van der Waals surface area contributed by atoms with E-state index in [1.165, 1.54) is 0 Å². The summed E-state index contributed by atoms with van der Waals surface area (Å²) in [5, 5.41) is 5.57. The minimum absolute atomic E-state index is 0.00480. The molecule has 2 amide bonds. The zero-order valence-corrected chi connectivity index (χ0v) is 16.7. The lowest BCUT2D eigenvalue weighted by Gasteiger charge is -2.33. The molecule has 1 aromatic rings. The van der Waals surface area contributed by atoms with Gasteiger partial charge < -0.3 is 20.1 Å². The van der Waals surface area contributed by atoms with E-state index < -0.39 is 12.0 Å². The van der Waals surface area contributed by atoms with Crippen molar-refractivity contribution in [3.8, 4) is 5.75 Å². The summed E-state index contributed by atoms with van der Waals surface area (Å²) in [6.07, 6.45) is 0.612. The minimum atomic E-state index is -0.717. The van der Waals surface area contributed by atoms with Crippen LogP contribution in [0.25, 0.3) is 0 Å². The van der Waals surface area contributed by atoms with E-state index in [1.54, 1.807) is 17.0 Å². The van der Waals surface area contributed by atoms with Crippen molar-refractivity contribution in [2.75, 3.05) is 31.6 Å². The number of nitrogens with one attached hydrogen (secondary N) is 2. The number of hydrogen-bond acceptors (Lipinski definition) is 6. The molecule has 0 radical (unpaired) electrons. The summed E-state index contributed by atoms with van der Waals surface area (Å²) in [5.74, 6) is -0.399. The summed E-state index contributed by atoms with van der Waals surface area (Å²) in [6.45, 7) is 6.95. The van der Waals surface area contributed by atoms with Gasteiger partial charge in [-0.25, -0.2) is 0 Å². The predicted octanol–water partition coefficient (Wildman–Crippen LogP) is 1.56. The van der Waals surface area contributed by atoms with E-state index in [4.69, 9.17) is 9.47 Å². The van der Waals surface area contributed by atoms with Crippen molar-refractivity contribution in [1.82, 2.24) is 10.2 Å². The second-order valence-corrected chi connectivity index (χ2v) is 6.91. The summed E-state index contributed by atoms with van der Waals surface area (Å²) < 4.78 is 10.8. The number of nitrogens with zero attached hydrogens (tertiary/aromatic N) is 1. The Morgan fingerprint density at radius 2 is 2.07 bits per heavy atom. The molecule has 1 saturated heterocycles. The Balaban J connectivity index is 2.00. The highest BCUT2D eigenvalue weighted by molar-refractivity contribution is 5.94. The quantitative estimate of drug-likeness (QED) is 0.620. The van der Waals surface area contributed by atoms with Gasteiger partial charge in [-0.2, -0.15) is 0 Å². The minimum Gasteiger partial charge on any atom is -0.489 e. The molecule has 0 aromatic heterocycles. The highest BCUT2D eigenvalue weighted by atomic mass is 16.5. The Kier molecular flexibility index (Phi) is 8.25. The average molecular weight is 391 g/mol. The molecular formula is C20H29N3O5. The Bertz CT molecular complexity index is 692. The molecule has 1 aromatic carbocycles. The summed E-state index contributed by atoms with van der Waals surface area (Å²) in [5.41, 5.74) is 0.571. The number of amides is 2. The van der Waals surface area contributed by atoms with Crippen molar-refractivity contribution in [2.45, 2.75) is 45.8 Å². The van der Waals surface area contributed by atoms with Gasteiger partial charge in [-0.3, -0.25) is 19.3 Å². The van der Waals surface area contributed by atoms with Gasteiger partial charge in [-0.1, -0.05) is 19.1 Å². The van der Waals surface area contributed by atoms with Gasteiger partial charge in [0.1, 0.15) is 11.8 Å². The number of anilines is 1. The maximum Gasteiger partial charge on any atom is 0.307 e. The normalized spacial score (nSPS) is 17.1. The second-order valence-electron chi connectivity index (χ2n) is 6.91. The molecule has 0 bridgehead atoms. The lowest BCUT2D eigenvalue weighted by atomic mass is 10.1. The fraction of sp³-hybridized carbons (Fsp3) is 0.550. The van der Waals surface area contributed by atoms with Crippen LogP contribution in [-0.4, -0.2) is 61.1 Å². The number of esters is 1. The van der Waals surface area contributed by atoms with Gasteiger partial charge in [0.15, 0.2) is 0 Å². The lowest BCUT2D eigenvalue weighted by molar-refractivity contribution is -0.148. The molecule has 0 aliphatic carbocycles. The van der Waals surface area contributed by atoms with E-state index in [2.05, 4.69) is 10.6 Å². The predicted molar refractivity (Wildman–Crippen MR) is 105 cm³/mol. The summed E-state index contributed by atoms with van der Waals surface area (Å²) in [7, 11) is 0. The molecule has 0 spiro atoms. The van der Waals surface area contributed by atoms with E-state index in [9.17, 15) is 14.4 Å². The third-order valence-electron chi connectivity index (χ3n) is 4.14. The molecule has 8 nitrogen and oxygen atoms in total. The van der Waals surface area contributed by atoms with Crippen LogP contribution in [-0.2, 0) is 19.1 Å². The maximum atomic E-state index is 12.6. The van der Waals surface area contributed by atoms with Gasteiger partial charge in [0.25, 0.3) is 0 Å². The van der Waals surface area contributed by atoms with Gasteiger partial charge in [0.05, 0.1) is 31.4 Å². The van der Waals surface area contributed by atoms with Gasteiger partial charge in [-0.15, -0.1) is 0 Å². The summed E-state index contributed by atoms with van der Waals surface area (Å²) >= 11 is 0. The average Bonchev–Trinajstić information content (AvgIpc) is 2.64. The Morgan fingerprint density at radius 1 is 1.32 bits per heavy atom. The van der Waals surface area contributed by atoms with E-state index in [1.807, 2.05) is 32.9 Å². The first kappa shape index (κ1) is 21.7. The van der Waals surface area contributed by atoms with Crippen molar-refractivity contribution in [3.63, 3.8) is 0 Å². The Hall–Kier alpha value is -2.61. The van der Waals surface area contributed by atoms with Crippen LogP contribution in [0.1, 0.15) is 33.6 Å². The standard InChI is InChI=1S/C20H29N3O5/c1-4-11-27-19(25)12-16-20(26)21-9-10-23(16)13-18(24)22-15-7-5-6-8-17(15)28-14(2)3/h5-8,14,16H,4,9-13H2,1-3H3,(H,21,26)(H,22,24). The molecule has 1 heterocycles. The fourth-order valence-corrected chi connectivity index (χ4v) is 2.91. The van der Waals surface area contributed by atoms with Gasteiger partial charge in [0.2, 0.25) is 11.8 Å². The molecule has 2 rings (SSSR count). The number of carbonyl (C=O) groups excluding carboxylic acids is 3. The van der Waals surface area contributed by atoms with Crippen molar-refractivity contribution in [3.05, 3.63) is 24.3 Å². The third kappa shape index (κ3) is 6.53. The van der Waals surface area contributed by atoms with Gasteiger partial charge in [-0.05, 0) is 32.4 Å². The fourth-order valence-electron chi connectivity index (χ4n) is 2.91. The van der Waals surface area contributed by atoms with Crippen LogP contribution in [0.5, 0.6) is 5.75 Å². The third-order valence-corrected chi connectivity index (χ3v) is 4.14. The maximum absolute atomic E-state index is 12.6. The first-order chi connectivity index (χ1) is 13.4. The number of para-hydroxylation sites is 2. The molecule has 1 aliphatic heterocycles. The molecule has 1 aliphatic rings. The van der Waals surface area contributed by atoms with Crippen LogP contribution in [0, 0.1) is 0 Å². The number of rotatable bonds is 9. The highest BCUT2D eigenvalue weighted by Gasteiger charge is 2.33. The van der Waals surface area contributed by atoms with Crippen molar-refractivity contribution >= 4 is 23.5 Å². The van der Waals surface area contributed by atoms with Gasteiger partial charge in [0, 0.05) is 13.1 Å². The van der Waals surface area contributed by atoms with Crippen LogP contribution in [0.4, 0.5) is 5.69 Å². The second kappa shape index (κ2) is 10.7. The van der Waals surface area contributed by atoms with Crippen molar-refractivity contribution < 1.29 is 23.9 Å². The Labute approximate surface area is 165 Å². The monoisotopic (exact) mass is 391 g/mol. The van der Waals surface area contributed by atoms with Gasteiger partial charge >= 0.3 is 5.97 Å². The van der Waals surface area contributed by atoms with Crippen LogP contribution in [0.3, 0.4) is 0 Å². The topological polar surface area (TPSA) is 97.0 Å². The number of hydrogen-bond donors (Lipinski definition) is 2. The van der Waals surface area contributed by atoms with Crippen LogP contribution < -0.4 is 15.4 Å². The van der Waals surface area contributed by atoms with Crippen LogP contribution >= 0.6 is 0 Å². The Morgan fingerprint density at radius 3 is 2.79 bits per heavy atom. The molecule has 0 saturated carbocycles. The zero-order valence-electron chi connectivity index (χ0n) is 16.7. The smallest absolute Gasteiger partial charge is 0.307 e. The first-order valence-corrected chi connectivity index (χ1v) is 9.63. The van der Waals surface area contributed by atoms with Crippen molar-refractivity contribution in [2.24, 2.45) is 0 Å². The number of ether oxygens (including phenoxy) is 2. The molecule has 154 valence electrons. The van der Waals surface area contributed by atoms with E-state index in [-0.39, 0.29) is 30.9 Å². The van der Waals surface area contributed by atoms with Crippen LogP contribution in [0.2, 0.25) is 0 Å². The van der Waals surface area contributed by atoms with E-state index >= 15 is 0 Å². The zero-order chi connectivity index (χ0) is 20.5. The summed E-state index contributed by atoms with van der Waals surface area (Å²) in [6, 6.07) is 6.48. The SMILES string of the molecule is CCCOC(=O)CC1C(=O)NCCN1CC(=O)Nc1ccccc1OC(C)C. The largest absolute Gasteiger partial charge is 0.489 e. The van der Waals surface area contributed by atoms with E-state index in [0.717, 1.165) is 0 Å². The lowest BCUT2D eigenvalue weighted by Crippen LogP contribution is -2.57. The first-order valence-electron chi connectivity index (χ1n) is 9.63. The van der Waals surface area contributed by atoms with E-state index in [0.29, 0.717) is 37.6 Å². The van der Waals surface area contributed by atoms with Crippen molar-refractivity contribution in [1.29, 1.82) is 0 Å². The van der Waals surface area contributed by atoms with Crippen LogP contribution in [0.15, 0.2) is 24.3 Å². The molecule has 8 heteroatoms. The molecule has 2 N–H and O–H groups in total. The molecule has 1 fully saturated rings. The number of carbonyl (C=O) groups is 3. The molecular weight excluding hydrogens is 362 g/mol. The molecule has 1 unspecified atom stereocenters. The molecule has 1 atom stereocenters. The number of piperazine rings is 1. The number of benzene rings is 1. The summed E-state index contributed by atoms with van der Waals surface area (Å²) in [4.78, 5) is 38.4. The molecule has 28 heavy (non-hydrogen) atoms.